The van der Waals surface area contributed by atoms with Crippen molar-refractivity contribution in [1.29, 1.82) is 0 Å². The molecule has 1 aromatic heterocycles. The number of carbonyl (C=O) groups is 2. The van der Waals surface area contributed by atoms with Crippen molar-refractivity contribution in [3.8, 4) is 22.6 Å². The summed E-state index contributed by atoms with van der Waals surface area (Å²) < 4.78 is 43.0. The molecule has 2 heterocycles. The number of nitrogens with two attached hydrogens (primary N) is 1. The molecule has 0 aliphatic carbocycles. The average Bonchev–Trinajstić information content (AvgIpc) is 2.83. The van der Waals surface area contributed by atoms with E-state index in [-0.39, 0.29) is 11.8 Å². The van der Waals surface area contributed by atoms with Crippen LogP contribution in [0.1, 0.15) is 5.56 Å². The SMILES string of the molecule is COc1cc(-c2ccnc(N)c2)ccc1NC(=O)C1COc2ccccc2C1.O=C(O)C(F)(F)F. The molecule has 0 saturated heterocycles. The van der Waals surface area contributed by atoms with Crippen molar-refractivity contribution in [3.05, 3.63) is 66.4 Å². The van der Waals surface area contributed by atoms with E-state index in [4.69, 9.17) is 25.1 Å². The Morgan fingerprint density at radius 2 is 1.83 bits per heavy atom. The number of para-hydroxylation sites is 1. The van der Waals surface area contributed by atoms with Gasteiger partial charge in [-0.3, -0.25) is 4.79 Å². The lowest BCUT2D eigenvalue weighted by Crippen LogP contribution is -2.32. The number of rotatable bonds is 4. The Bertz CT molecular complexity index is 1220. The fraction of sp³-hybridized carbons (Fsp3) is 0.208. The Kier molecular flexibility index (Phi) is 7.80. The van der Waals surface area contributed by atoms with Crippen molar-refractivity contribution in [3.63, 3.8) is 0 Å². The summed E-state index contributed by atoms with van der Waals surface area (Å²) in [7, 11) is 1.58. The molecule has 1 aliphatic heterocycles. The second-order valence-corrected chi connectivity index (χ2v) is 7.50. The minimum Gasteiger partial charge on any atom is -0.495 e. The Morgan fingerprint density at radius 1 is 1.14 bits per heavy atom. The van der Waals surface area contributed by atoms with E-state index in [1.165, 1.54) is 0 Å². The smallest absolute Gasteiger partial charge is 0.490 e. The minimum absolute atomic E-state index is 0.0892. The predicted molar refractivity (Wildman–Crippen MR) is 122 cm³/mol. The van der Waals surface area contributed by atoms with Crippen LogP contribution in [-0.4, -0.2) is 41.9 Å². The number of fused-ring (bicyclic) bond motifs is 1. The molecular weight excluding hydrogens is 467 g/mol. The molecule has 1 unspecified atom stereocenters. The lowest BCUT2D eigenvalue weighted by atomic mass is 9.96. The summed E-state index contributed by atoms with van der Waals surface area (Å²) >= 11 is 0. The number of pyridine rings is 1. The fourth-order valence-electron chi connectivity index (χ4n) is 3.33. The van der Waals surface area contributed by atoms with Crippen molar-refractivity contribution in [2.75, 3.05) is 24.8 Å². The van der Waals surface area contributed by atoms with E-state index in [1.807, 2.05) is 48.5 Å². The van der Waals surface area contributed by atoms with Gasteiger partial charge in [0, 0.05) is 6.20 Å². The van der Waals surface area contributed by atoms with E-state index in [9.17, 15) is 18.0 Å². The van der Waals surface area contributed by atoms with Gasteiger partial charge in [0.05, 0.1) is 18.7 Å². The molecule has 0 radical (unpaired) electrons. The topological polar surface area (TPSA) is 124 Å². The highest BCUT2D eigenvalue weighted by atomic mass is 19.4. The van der Waals surface area contributed by atoms with Gasteiger partial charge in [0.15, 0.2) is 0 Å². The number of benzene rings is 2. The number of amides is 1. The first-order valence-corrected chi connectivity index (χ1v) is 10.3. The summed E-state index contributed by atoms with van der Waals surface area (Å²) in [6.45, 7) is 0.361. The van der Waals surface area contributed by atoms with E-state index in [0.717, 1.165) is 22.4 Å². The third kappa shape index (κ3) is 6.62. The summed E-state index contributed by atoms with van der Waals surface area (Å²) in [5.41, 5.74) is 9.30. The summed E-state index contributed by atoms with van der Waals surface area (Å²) in [6.07, 6.45) is -2.77. The third-order valence-corrected chi connectivity index (χ3v) is 5.07. The highest BCUT2D eigenvalue weighted by Gasteiger charge is 2.38. The first-order chi connectivity index (χ1) is 16.6. The zero-order valence-electron chi connectivity index (χ0n) is 18.5. The number of hydrogen-bond donors (Lipinski definition) is 3. The fourth-order valence-corrected chi connectivity index (χ4v) is 3.33. The normalized spacial score (nSPS) is 14.5. The van der Waals surface area contributed by atoms with Gasteiger partial charge in [-0.2, -0.15) is 13.2 Å². The van der Waals surface area contributed by atoms with Gasteiger partial charge in [-0.05, 0) is 53.4 Å². The number of nitrogens with one attached hydrogen (secondary N) is 1. The molecule has 8 nitrogen and oxygen atoms in total. The van der Waals surface area contributed by atoms with E-state index in [1.54, 1.807) is 19.4 Å². The van der Waals surface area contributed by atoms with Crippen LogP contribution < -0.4 is 20.5 Å². The molecule has 35 heavy (non-hydrogen) atoms. The Balaban J connectivity index is 0.000000429. The molecular formula is C24H22F3N3O5. The zero-order chi connectivity index (χ0) is 25.6. The molecule has 2 aromatic carbocycles. The van der Waals surface area contributed by atoms with Crippen molar-refractivity contribution in [1.82, 2.24) is 4.98 Å². The summed E-state index contributed by atoms with van der Waals surface area (Å²) in [5, 5.41) is 10.1. The highest BCUT2D eigenvalue weighted by Crippen LogP contribution is 2.32. The standard InChI is InChI=1S/C22H21N3O3.C2HF3O2/c1-27-20-11-14(15-8-9-24-21(23)12-15)6-7-18(20)25-22(26)17-10-16-4-2-3-5-19(16)28-13-17;3-2(4,5)1(6)7/h2-9,11-12,17H,10,13H2,1H3,(H2,23,24)(H,25,26);(H,6,7). The lowest BCUT2D eigenvalue weighted by Gasteiger charge is -2.24. The van der Waals surface area contributed by atoms with Gasteiger partial charge < -0.3 is 25.6 Å². The molecule has 1 atom stereocenters. The van der Waals surface area contributed by atoms with Gasteiger partial charge in [-0.25, -0.2) is 9.78 Å². The van der Waals surface area contributed by atoms with Crippen LogP contribution >= 0.6 is 0 Å². The van der Waals surface area contributed by atoms with Crippen LogP contribution in [0.25, 0.3) is 11.1 Å². The summed E-state index contributed by atoms with van der Waals surface area (Å²) in [5.74, 6) is -1.21. The number of aliphatic carboxylic acids is 1. The van der Waals surface area contributed by atoms with E-state index < -0.39 is 12.1 Å². The van der Waals surface area contributed by atoms with Gasteiger partial charge in [0.25, 0.3) is 0 Å². The highest BCUT2D eigenvalue weighted by molar-refractivity contribution is 5.95. The number of carbonyl (C=O) groups excluding carboxylic acids is 1. The number of nitrogens with zero attached hydrogens (tertiary/aromatic N) is 1. The van der Waals surface area contributed by atoms with Crippen LogP contribution in [0.3, 0.4) is 0 Å². The number of carboxylic acids is 1. The molecule has 1 amide bonds. The number of halogens is 3. The van der Waals surface area contributed by atoms with Gasteiger partial charge in [-0.1, -0.05) is 24.3 Å². The lowest BCUT2D eigenvalue weighted by molar-refractivity contribution is -0.192. The number of alkyl halides is 3. The summed E-state index contributed by atoms with van der Waals surface area (Å²) in [6, 6.07) is 17.1. The van der Waals surface area contributed by atoms with E-state index in [2.05, 4.69) is 10.3 Å². The maximum atomic E-state index is 12.8. The van der Waals surface area contributed by atoms with Crippen molar-refractivity contribution in [2.24, 2.45) is 5.92 Å². The van der Waals surface area contributed by atoms with E-state index >= 15 is 0 Å². The number of nitrogen functional groups attached to an aromatic ring is 1. The number of methoxy groups -OCH3 is 1. The number of aromatic nitrogens is 1. The molecule has 0 bridgehead atoms. The molecule has 4 rings (SSSR count). The third-order valence-electron chi connectivity index (χ3n) is 5.07. The van der Waals surface area contributed by atoms with Crippen LogP contribution in [0.15, 0.2) is 60.8 Å². The first kappa shape index (κ1) is 25.3. The monoisotopic (exact) mass is 489 g/mol. The molecule has 11 heteroatoms. The Morgan fingerprint density at radius 3 is 2.49 bits per heavy atom. The number of hydrogen-bond acceptors (Lipinski definition) is 6. The molecule has 4 N–H and O–H groups in total. The van der Waals surface area contributed by atoms with Gasteiger partial charge in [0.2, 0.25) is 5.91 Å². The number of ether oxygens (including phenoxy) is 2. The molecule has 1 aliphatic rings. The maximum Gasteiger partial charge on any atom is 0.490 e. The molecule has 3 aromatic rings. The van der Waals surface area contributed by atoms with Crippen molar-refractivity contribution < 1.29 is 37.3 Å². The predicted octanol–water partition coefficient (Wildman–Crippen LogP) is 4.16. The molecule has 184 valence electrons. The van der Waals surface area contributed by atoms with Crippen LogP contribution in [-0.2, 0) is 16.0 Å². The van der Waals surface area contributed by atoms with Crippen LogP contribution in [0.4, 0.5) is 24.7 Å². The van der Waals surface area contributed by atoms with Crippen molar-refractivity contribution in [2.45, 2.75) is 12.6 Å². The minimum atomic E-state index is -5.08. The van der Waals surface area contributed by atoms with E-state index in [0.29, 0.717) is 30.3 Å². The van der Waals surface area contributed by atoms with Gasteiger partial charge in [-0.15, -0.1) is 0 Å². The second kappa shape index (κ2) is 10.8. The van der Waals surface area contributed by atoms with Gasteiger partial charge >= 0.3 is 12.1 Å². The van der Waals surface area contributed by atoms with Crippen LogP contribution in [0.2, 0.25) is 0 Å². The second-order valence-electron chi connectivity index (χ2n) is 7.50. The van der Waals surface area contributed by atoms with Crippen LogP contribution in [0, 0.1) is 5.92 Å². The molecule has 0 spiro atoms. The number of anilines is 2. The average molecular weight is 489 g/mol. The molecule has 0 fully saturated rings. The van der Waals surface area contributed by atoms with Gasteiger partial charge in [0.1, 0.15) is 23.9 Å². The van der Waals surface area contributed by atoms with Crippen molar-refractivity contribution >= 4 is 23.4 Å². The summed E-state index contributed by atoms with van der Waals surface area (Å²) in [4.78, 5) is 25.7. The Hall–Kier alpha value is -4.28. The molecule has 0 saturated carbocycles. The maximum absolute atomic E-state index is 12.8. The quantitative estimate of drug-likeness (QED) is 0.503. The zero-order valence-corrected chi connectivity index (χ0v) is 18.5. The first-order valence-electron chi connectivity index (χ1n) is 10.3. The van der Waals surface area contributed by atoms with Crippen LogP contribution in [0.5, 0.6) is 11.5 Å². The Labute approximate surface area is 198 Å². The largest absolute Gasteiger partial charge is 0.495 e. The number of carboxylic acid groups (broad SMARTS) is 1.